The number of amides is 2. The summed E-state index contributed by atoms with van der Waals surface area (Å²) in [5, 5.41) is 14.9. The fourth-order valence-corrected chi connectivity index (χ4v) is 3.08. The van der Waals surface area contributed by atoms with Gasteiger partial charge in [-0.3, -0.25) is 0 Å². The van der Waals surface area contributed by atoms with Crippen LogP contribution in [-0.2, 0) is 0 Å². The first-order chi connectivity index (χ1) is 8.66. The molecule has 2 fully saturated rings. The first-order valence-electron chi connectivity index (χ1n) is 7.39. The summed E-state index contributed by atoms with van der Waals surface area (Å²) >= 11 is 0. The monoisotopic (exact) mass is 254 g/mol. The first-order valence-corrected chi connectivity index (χ1v) is 7.39. The number of aliphatic hydroxyl groups excluding tert-OH is 1. The van der Waals surface area contributed by atoms with Crippen molar-refractivity contribution in [2.45, 2.75) is 64.0 Å². The molecule has 0 aromatic carbocycles. The Morgan fingerprint density at radius 1 is 1.33 bits per heavy atom. The highest BCUT2D eigenvalue weighted by atomic mass is 16.3. The average Bonchev–Trinajstić information content (AvgIpc) is 3.09. The van der Waals surface area contributed by atoms with Crippen LogP contribution >= 0.6 is 0 Å². The van der Waals surface area contributed by atoms with E-state index in [0.29, 0.717) is 19.0 Å². The van der Waals surface area contributed by atoms with Crippen LogP contribution < -0.4 is 10.6 Å². The largest absolute Gasteiger partial charge is 0.393 e. The summed E-state index contributed by atoms with van der Waals surface area (Å²) in [5.74, 6) is 1.58. The van der Waals surface area contributed by atoms with Crippen molar-refractivity contribution in [2.24, 2.45) is 11.8 Å². The molecule has 104 valence electrons. The summed E-state index contributed by atoms with van der Waals surface area (Å²) < 4.78 is 0. The molecule has 18 heavy (non-hydrogen) atoms. The van der Waals surface area contributed by atoms with Crippen molar-refractivity contribution in [3.05, 3.63) is 0 Å². The van der Waals surface area contributed by atoms with Gasteiger partial charge in [0.25, 0.3) is 0 Å². The second-order valence-electron chi connectivity index (χ2n) is 5.94. The SMILES string of the molecule is CC(O)CCNC(=O)NC1CC1C1CCCCC1. The van der Waals surface area contributed by atoms with Crippen LogP contribution in [0.1, 0.15) is 51.9 Å². The van der Waals surface area contributed by atoms with Crippen molar-refractivity contribution in [1.29, 1.82) is 0 Å². The van der Waals surface area contributed by atoms with Gasteiger partial charge in [-0.25, -0.2) is 4.79 Å². The number of hydrogen-bond donors (Lipinski definition) is 3. The van der Waals surface area contributed by atoms with Crippen LogP contribution in [-0.4, -0.2) is 29.8 Å². The number of rotatable bonds is 5. The van der Waals surface area contributed by atoms with Gasteiger partial charge in [-0.2, -0.15) is 0 Å². The highest BCUT2D eigenvalue weighted by molar-refractivity contribution is 5.74. The molecule has 0 bridgehead atoms. The van der Waals surface area contributed by atoms with Crippen molar-refractivity contribution >= 4 is 6.03 Å². The van der Waals surface area contributed by atoms with Crippen molar-refractivity contribution < 1.29 is 9.90 Å². The molecular weight excluding hydrogens is 228 g/mol. The molecule has 3 unspecified atom stereocenters. The van der Waals surface area contributed by atoms with Crippen LogP contribution in [0.2, 0.25) is 0 Å². The Hall–Kier alpha value is -0.770. The quantitative estimate of drug-likeness (QED) is 0.703. The zero-order valence-electron chi connectivity index (χ0n) is 11.3. The number of aliphatic hydroxyl groups is 1. The molecule has 3 N–H and O–H groups in total. The molecule has 2 aliphatic carbocycles. The average molecular weight is 254 g/mol. The van der Waals surface area contributed by atoms with Gasteiger partial charge in [-0.15, -0.1) is 0 Å². The fraction of sp³-hybridized carbons (Fsp3) is 0.929. The molecule has 4 heteroatoms. The molecule has 0 radical (unpaired) electrons. The van der Waals surface area contributed by atoms with Crippen molar-refractivity contribution in [3.8, 4) is 0 Å². The van der Waals surface area contributed by atoms with Crippen LogP contribution in [0.5, 0.6) is 0 Å². The van der Waals surface area contributed by atoms with Crippen LogP contribution in [0.3, 0.4) is 0 Å². The lowest BCUT2D eigenvalue weighted by molar-refractivity contribution is 0.183. The van der Waals surface area contributed by atoms with E-state index in [9.17, 15) is 4.79 Å². The van der Waals surface area contributed by atoms with Crippen molar-refractivity contribution in [2.75, 3.05) is 6.54 Å². The number of carbonyl (C=O) groups is 1. The Morgan fingerprint density at radius 3 is 2.72 bits per heavy atom. The van der Waals surface area contributed by atoms with Gasteiger partial charge < -0.3 is 15.7 Å². The molecule has 0 aromatic heterocycles. The third-order valence-corrected chi connectivity index (χ3v) is 4.26. The lowest BCUT2D eigenvalue weighted by Crippen LogP contribution is -2.39. The molecular formula is C14H26N2O2. The van der Waals surface area contributed by atoms with E-state index in [1.165, 1.54) is 32.1 Å². The van der Waals surface area contributed by atoms with E-state index in [0.717, 1.165) is 18.3 Å². The van der Waals surface area contributed by atoms with E-state index in [2.05, 4.69) is 10.6 Å². The summed E-state index contributed by atoms with van der Waals surface area (Å²) in [5.41, 5.74) is 0. The maximum absolute atomic E-state index is 11.6. The standard InChI is InChI=1S/C14H26N2O2/c1-10(17)7-8-15-14(18)16-13-9-12(13)11-5-3-2-4-6-11/h10-13,17H,2-9H2,1H3,(H2,15,16,18). The van der Waals surface area contributed by atoms with E-state index in [-0.39, 0.29) is 12.1 Å². The van der Waals surface area contributed by atoms with E-state index >= 15 is 0 Å². The van der Waals surface area contributed by atoms with Crippen LogP contribution in [0.15, 0.2) is 0 Å². The minimum atomic E-state index is -0.346. The van der Waals surface area contributed by atoms with Gasteiger partial charge in [0.15, 0.2) is 0 Å². The van der Waals surface area contributed by atoms with E-state index in [1.54, 1.807) is 6.92 Å². The second kappa shape index (κ2) is 6.41. The minimum absolute atomic E-state index is 0.0704. The molecule has 0 saturated heterocycles. The normalized spacial score (nSPS) is 29.7. The number of urea groups is 1. The fourth-order valence-electron chi connectivity index (χ4n) is 3.08. The molecule has 0 heterocycles. The molecule has 2 saturated carbocycles. The van der Waals surface area contributed by atoms with Gasteiger partial charge in [0.2, 0.25) is 0 Å². The van der Waals surface area contributed by atoms with Gasteiger partial charge in [-0.05, 0) is 31.6 Å². The Bertz CT molecular complexity index is 275. The maximum atomic E-state index is 11.6. The van der Waals surface area contributed by atoms with Crippen LogP contribution in [0, 0.1) is 11.8 Å². The predicted molar refractivity (Wildman–Crippen MR) is 71.3 cm³/mol. The summed E-state index contributed by atoms with van der Waals surface area (Å²) in [7, 11) is 0. The topological polar surface area (TPSA) is 61.4 Å². The lowest BCUT2D eigenvalue weighted by atomic mass is 9.85. The van der Waals surface area contributed by atoms with Crippen molar-refractivity contribution in [1.82, 2.24) is 10.6 Å². The van der Waals surface area contributed by atoms with E-state index < -0.39 is 0 Å². The van der Waals surface area contributed by atoms with Crippen LogP contribution in [0.4, 0.5) is 4.79 Å². The Kier molecular flexibility index (Phi) is 4.87. The summed E-state index contributed by atoms with van der Waals surface area (Å²) in [4.78, 5) is 11.6. The third-order valence-electron chi connectivity index (χ3n) is 4.26. The first kappa shape index (κ1) is 13.7. The zero-order valence-corrected chi connectivity index (χ0v) is 11.3. The smallest absolute Gasteiger partial charge is 0.315 e. The molecule has 2 aliphatic rings. The van der Waals surface area contributed by atoms with Gasteiger partial charge in [0.05, 0.1) is 6.10 Å². The molecule has 0 spiro atoms. The van der Waals surface area contributed by atoms with E-state index in [1.807, 2.05) is 0 Å². The van der Waals surface area contributed by atoms with Gasteiger partial charge >= 0.3 is 6.03 Å². The Labute approximate surface area is 110 Å². The Balaban J connectivity index is 1.58. The summed E-state index contributed by atoms with van der Waals surface area (Å²) in [6.45, 7) is 2.28. The van der Waals surface area contributed by atoms with E-state index in [4.69, 9.17) is 5.11 Å². The highest BCUT2D eigenvalue weighted by Gasteiger charge is 2.43. The maximum Gasteiger partial charge on any atom is 0.315 e. The summed E-state index contributed by atoms with van der Waals surface area (Å²) in [6, 6.07) is 0.332. The predicted octanol–water partition coefficient (Wildman–Crippen LogP) is 2.03. The van der Waals surface area contributed by atoms with Gasteiger partial charge in [0, 0.05) is 12.6 Å². The Morgan fingerprint density at radius 2 is 2.06 bits per heavy atom. The molecule has 0 aliphatic heterocycles. The third kappa shape index (κ3) is 4.16. The lowest BCUT2D eigenvalue weighted by Gasteiger charge is -2.21. The second-order valence-corrected chi connectivity index (χ2v) is 5.94. The summed E-state index contributed by atoms with van der Waals surface area (Å²) in [6.07, 6.45) is 8.27. The van der Waals surface area contributed by atoms with Crippen LogP contribution in [0.25, 0.3) is 0 Å². The molecule has 2 amide bonds. The zero-order chi connectivity index (χ0) is 13.0. The number of hydrogen-bond acceptors (Lipinski definition) is 2. The highest BCUT2D eigenvalue weighted by Crippen LogP contribution is 2.44. The molecule has 4 nitrogen and oxygen atoms in total. The molecule has 2 rings (SSSR count). The molecule has 3 atom stereocenters. The number of carbonyl (C=O) groups excluding carboxylic acids is 1. The number of nitrogens with one attached hydrogen (secondary N) is 2. The molecule has 0 aromatic rings. The van der Waals surface area contributed by atoms with Gasteiger partial charge in [-0.1, -0.05) is 32.1 Å². The van der Waals surface area contributed by atoms with Crippen molar-refractivity contribution in [3.63, 3.8) is 0 Å². The minimum Gasteiger partial charge on any atom is -0.393 e. The van der Waals surface area contributed by atoms with Gasteiger partial charge in [0.1, 0.15) is 0 Å².